The van der Waals surface area contributed by atoms with Crippen LogP contribution >= 0.6 is 0 Å². The molecule has 0 aliphatic carbocycles. The third-order valence-corrected chi connectivity index (χ3v) is 6.30. The van der Waals surface area contributed by atoms with Gasteiger partial charge in [-0.05, 0) is 47.4 Å². The molecule has 10 heteroatoms. The Labute approximate surface area is 219 Å². The van der Waals surface area contributed by atoms with Crippen LogP contribution in [-0.2, 0) is 28.7 Å². The smallest absolute Gasteiger partial charge is 0.326 e. The number of carbonyl (C=O) groups excluding carboxylic acids is 2. The van der Waals surface area contributed by atoms with Gasteiger partial charge < -0.3 is 16.0 Å². The summed E-state index contributed by atoms with van der Waals surface area (Å²) in [5.74, 6) is -0.0718. The van der Waals surface area contributed by atoms with E-state index in [0.717, 1.165) is 35.8 Å². The lowest BCUT2D eigenvalue weighted by molar-refractivity contribution is -0.138. The highest BCUT2D eigenvalue weighted by atomic mass is 19.4. The molecule has 1 aliphatic heterocycles. The van der Waals surface area contributed by atoms with E-state index in [2.05, 4.69) is 20.9 Å². The van der Waals surface area contributed by atoms with Gasteiger partial charge in [-0.2, -0.15) is 13.2 Å². The second kappa shape index (κ2) is 12.2. The van der Waals surface area contributed by atoms with Gasteiger partial charge in [0.15, 0.2) is 0 Å². The zero-order valence-electron chi connectivity index (χ0n) is 21.1. The first-order valence-electron chi connectivity index (χ1n) is 12.4. The number of aryl methyl sites for hydroxylation is 1. The summed E-state index contributed by atoms with van der Waals surface area (Å²) in [7, 11) is 0. The number of anilines is 2. The number of halogens is 3. The van der Waals surface area contributed by atoms with Gasteiger partial charge in [0.05, 0.1) is 5.56 Å². The number of benzene rings is 2. The lowest BCUT2D eigenvalue weighted by Crippen LogP contribution is -2.43. The van der Waals surface area contributed by atoms with Crippen LogP contribution in [0.25, 0.3) is 11.1 Å². The van der Waals surface area contributed by atoms with Crippen molar-refractivity contribution in [2.75, 3.05) is 36.8 Å². The minimum absolute atomic E-state index is 0.135. The topological polar surface area (TPSA) is 86.4 Å². The molecule has 0 radical (unpaired) electrons. The second-order valence-electron chi connectivity index (χ2n) is 9.25. The van der Waals surface area contributed by atoms with E-state index in [1.165, 1.54) is 19.1 Å². The van der Waals surface area contributed by atoms with Crippen molar-refractivity contribution in [1.29, 1.82) is 0 Å². The molecule has 0 saturated carbocycles. The van der Waals surface area contributed by atoms with Crippen molar-refractivity contribution in [2.24, 2.45) is 0 Å². The third kappa shape index (κ3) is 7.62. The predicted octanol–water partition coefficient (Wildman–Crippen LogP) is 4.70. The van der Waals surface area contributed by atoms with Crippen molar-refractivity contribution >= 4 is 23.3 Å². The van der Waals surface area contributed by atoms with Gasteiger partial charge in [-0.1, -0.05) is 30.3 Å². The number of rotatable bonds is 8. The van der Waals surface area contributed by atoms with Crippen LogP contribution in [0.5, 0.6) is 0 Å². The van der Waals surface area contributed by atoms with Crippen LogP contribution in [0.4, 0.5) is 24.7 Å². The fourth-order valence-electron chi connectivity index (χ4n) is 4.33. The number of amides is 2. The Morgan fingerprint density at radius 1 is 0.974 bits per heavy atom. The van der Waals surface area contributed by atoms with E-state index in [1.807, 2.05) is 35.2 Å². The van der Waals surface area contributed by atoms with E-state index >= 15 is 0 Å². The first kappa shape index (κ1) is 27.3. The molecule has 1 saturated heterocycles. The van der Waals surface area contributed by atoms with Crippen molar-refractivity contribution in [1.82, 2.24) is 15.2 Å². The molecule has 2 aromatic carbocycles. The van der Waals surface area contributed by atoms with Gasteiger partial charge in [0.25, 0.3) is 0 Å². The number of alkyl halides is 3. The Balaban J connectivity index is 1.34. The number of carbonyl (C=O) groups is 2. The Bertz CT molecular complexity index is 1250. The van der Waals surface area contributed by atoms with Crippen LogP contribution in [0, 0.1) is 0 Å². The number of nitrogens with one attached hydrogen (secondary N) is 3. The number of aromatic nitrogens is 1. The van der Waals surface area contributed by atoms with Crippen molar-refractivity contribution in [3.05, 3.63) is 77.5 Å². The summed E-state index contributed by atoms with van der Waals surface area (Å²) in [6.07, 6.45) is -2.27. The van der Waals surface area contributed by atoms with Crippen LogP contribution < -0.4 is 16.0 Å². The van der Waals surface area contributed by atoms with Gasteiger partial charge in [0.1, 0.15) is 5.82 Å². The summed E-state index contributed by atoms with van der Waals surface area (Å²) in [4.78, 5) is 29.8. The van der Waals surface area contributed by atoms with Gasteiger partial charge in [-0.15, -0.1) is 0 Å². The van der Waals surface area contributed by atoms with Crippen molar-refractivity contribution in [2.45, 2.75) is 32.5 Å². The molecule has 1 aromatic heterocycles. The molecular formula is C28H30F3N5O2. The van der Waals surface area contributed by atoms with Crippen molar-refractivity contribution in [3.8, 4) is 11.1 Å². The number of nitrogens with zero attached hydrogens (tertiary/aromatic N) is 2. The van der Waals surface area contributed by atoms with Crippen LogP contribution in [0.3, 0.4) is 0 Å². The minimum atomic E-state index is -4.51. The average molecular weight is 526 g/mol. The maximum absolute atomic E-state index is 13.8. The zero-order chi connectivity index (χ0) is 27.1. The molecule has 38 heavy (non-hydrogen) atoms. The molecule has 2 amide bonds. The van der Waals surface area contributed by atoms with Crippen molar-refractivity contribution in [3.63, 3.8) is 0 Å². The molecule has 4 rings (SSSR count). The average Bonchev–Trinajstić information content (AvgIpc) is 2.89. The van der Waals surface area contributed by atoms with Gasteiger partial charge in [0.2, 0.25) is 11.8 Å². The summed E-state index contributed by atoms with van der Waals surface area (Å²) in [5.41, 5.74) is 2.36. The summed E-state index contributed by atoms with van der Waals surface area (Å²) < 4.78 is 41.3. The summed E-state index contributed by atoms with van der Waals surface area (Å²) in [6.45, 7) is 4.53. The molecule has 200 valence electrons. The van der Waals surface area contributed by atoms with Crippen LogP contribution in [-0.4, -0.2) is 47.9 Å². The van der Waals surface area contributed by atoms with E-state index in [4.69, 9.17) is 0 Å². The molecule has 0 unspecified atom stereocenters. The largest absolute Gasteiger partial charge is 0.416 e. The number of hydrogen-bond donors (Lipinski definition) is 3. The van der Waals surface area contributed by atoms with E-state index in [9.17, 15) is 22.8 Å². The first-order valence-corrected chi connectivity index (χ1v) is 12.4. The summed E-state index contributed by atoms with van der Waals surface area (Å²) in [6, 6.07) is 15.2. The second-order valence-corrected chi connectivity index (χ2v) is 9.25. The number of pyridine rings is 1. The van der Waals surface area contributed by atoms with Crippen LogP contribution in [0.2, 0.25) is 0 Å². The highest BCUT2D eigenvalue weighted by molar-refractivity contribution is 5.91. The number of piperazine rings is 1. The molecule has 0 bridgehead atoms. The van der Waals surface area contributed by atoms with E-state index in [1.54, 1.807) is 12.3 Å². The number of hydrogen-bond acceptors (Lipinski definition) is 5. The Hall–Kier alpha value is -3.76. The van der Waals surface area contributed by atoms with Gasteiger partial charge in [0, 0.05) is 63.5 Å². The lowest BCUT2D eigenvalue weighted by Gasteiger charge is -2.28. The maximum Gasteiger partial charge on any atom is 0.416 e. The normalized spacial score (nSPS) is 14.2. The first-order chi connectivity index (χ1) is 18.2. The zero-order valence-corrected chi connectivity index (χ0v) is 21.1. The molecule has 1 aliphatic rings. The molecule has 3 N–H and O–H groups in total. The minimum Gasteiger partial charge on any atom is -0.326 e. The summed E-state index contributed by atoms with van der Waals surface area (Å²) in [5, 5.41) is 8.42. The van der Waals surface area contributed by atoms with E-state index in [0.29, 0.717) is 25.3 Å². The van der Waals surface area contributed by atoms with Gasteiger partial charge in [-0.25, -0.2) is 4.98 Å². The molecule has 7 nitrogen and oxygen atoms in total. The Morgan fingerprint density at radius 3 is 2.32 bits per heavy atom. The van der Waals surface area contributed by atoms with Gasteiger partial charge in [-0.3, -0.25) is 14.5 Å². The molecule has 0 spiro atoms. The van der Waals surface area contributed by atoms with Gasteiger partial charge >= 0.3 is 6.18 Å². The highest BCUT2D eigenvalue weighted by Gasteiger charge is 2.34. The van der Waals surface area contributed by atoms with Crippen molar-refractivity contribution < 1.29 is 22.8 Å². The van der Waals surface area contributed by atoms with Crippen LogP contribution in [0.1, 0.15) is 30.0 Å². The standard InChI is InChI=1S/C28H30F3N5O2/c1-19(37)34-26-10-8-22(17-33-26)21-5-2-20(3-6-21)4-11-27(38)35-24-9-7-23(25(16-24)28(29,30)31)18-36-14-12-32-13-15-36/h2-3,5-10,16-17,32H,4,11-15,18H2,1H3,(H,35,38)(H,33,34,37). The fraction of sp³-hybridized carbons (Fsp3) is 0.321. The lowest BCUT2D eigenvalue weighted by atomic mass is 10.0. The summed E-state index contributed by atoms with van der Waals surface area (Å²) >= 11 is 0. The molecular weight excluding hydrogens is 495 g/mol. The Kier molecular flexibility index (Phi) is 8.75. The fourth-order valence-corrected chi connectivity index (χ4v) is 4.33. The highest BCUT2D eigenvalue weighted by Crippen LogP contribution is 2.34. The van der Waals surface area contributed by atoms with Crippen LogP contribution in [0.15, 0.2) is 60.8 Å². The van der Waals surface area contributed by atoms with E-state index in [-0.39, 0.29) is 36.0 Å². The molecule has 1 fully saturated rings. The third-order valence-electron chi connectivity index (χ3n) is 6.30. The quantitative estimate of drug-likeness (QED) is 0.397. The predicted molar refractivity (Wildman–Crippen MR) is 141 cm³/mol. The SMILES string of the molecule is CC(=O)Nc1ccc(-c2ccc(CCC(=O)Nc3ccc(CN4CCNCC4)c(C(F)(F)F)c3)cc2)cn1. The monoisotopic (exact) mass is 525 g/mol. The molecule has 0 atom stereocenters. The molecule has 3 aromatic rings. The Morgan fingerprint density at radius 2 is 1.68 bits per heavy atom. The van der Waals surface area contributed by atoms with E-state index < -0.39 is 11.7 Å². The maximum atomic E-state index is 13.8. The molecule has 2 heterocycles.